The number of thiazole rings is 1. The topological polar surface area (TPSA) is 78.9 Å². The summed E-state index contributed by atoms with van der Waals surface area (Å²) in [5.74, 6) is -0.292. The van der Waals surface area contributed by atoms with Crippen LogP contribution in [0.2, 0.25) is 0 Å². The lowest BCUT2D eigenvalue weighted by Crippen LogP contribution is -2.09. The van der Waals surface area contributed by atoms with Crippen LogP contribution in [0.5, 0.6) is 5.75 Å². The number of rotatable bonds is 3. The second-order valence-corrected chi connectivity index (χ2v) is 3.98. The SMILES string of the molecule is O=c1[nH]nc(CCc2nccs2)cc1O. The predicted molar refractivity (Wildman–Crippen MR) is 56.0 cm³/mol. The molecular weight excluding hydrogens is 214 g/mol. The number of hydrogen-bond acceptors (Lipinski definition) is 5. The molecule has 0 spiro atoms. The largest absolute Gasteiger partial charge is 0.503 e. The van der Waals surface area contributed by atoms with Crippen LogP contribution >= 0.6 is 11.3 Å². The highest BCUT2D eigenvalue weighted by atomic mass is 32.1. The molecule has 0 aliphatic heterocycles. The van der Waals surface area contributed by atoms with E-state index in [9.17, 15) is 4.79 Å². The number of aromatic amines is 1. The van der Waals surface area contributed by atoms with Crippen molar-refractivity contribution in [3.63, 3.8) is 0 Å². The summed E-state index contributed by atoms with van der Waals surface area (Å²) < 4.78 is 0. The first kappa shape index (κ1) is 9.85. The summed E-state index contributed by atoms with van der Waals surface area (Å²) in [6, 6.07) is 1.38. The van der Waals surface area contributed by atoms with Crippen LogP contribution in [-0.2, 0) is 12.8 Å². The van der Waals surface area contributed by atoms with Crippen LogP contribution in [0.15, 0.2) is 22.4 Å². The number of nitrogens with one attached hydrogen (secondary N) is 1. The lowest BCUT2D eigenvalue weighted by atomic mass is 10.2. The Bertz CT molecular complexity index is 492. The van der Waals surface area contributed by atoms with Gasteiger partial charge in [-0.05, 0) is 6.42 Å². The van der Waals surface area contributed by atoms with Crippen molar-refractivity contribution in [2.24, 2.45) is 0 Å². The van der Waals surface area contributed by atoms with Gasteiger partial charge in [0.1, 0.15) is 0 Å². The Morgan fingerprint density at radius 3 is 3.00 bits per heavy atom. The molecule has 15 heavy (non-hydrogen) atoms. The van der Waals surface area contributed by atoms with E-state index in [-0.39, 0.29) is 5.75 Å². The Morgan fingerprint density at radius 2 is 2.33 bits per heavy atom. The summed E-state index contributed by atoms with van der Waals surface area (Å²) in [6.45, 7) is 0. The maximum atomic E-state index is 10.8. The van der Waals surface area contributed by atoms with Crippen molar-refractivity contribution in [3.8, 4) is 5.75 Å². The Kier molecular flexibility index (Phi) is 2.77. The van der Waals surface area contributed by atoms with E-state index in [0.29, 0.717) is 12.1 Å². The predicted octanol–water partition coefficient (Wildman–Crippen LogP) is 0.717. The van der Waals surface area contributed by atoms with Crippen molar-refractivity contribution >= 4 is 11.3 Å². The Balaban J connectivity index is 2.05. The summed E-state index contributed by atoms with van der Waals surface area (Å²) in [4.78, 5) is 15.0. The average Bonchev–Trinajstić information content (AvgIpc) is 2.73. The molecule has 5 nitrogen and oxygen atoms in total. The van der Waals surface area contributed by atoms with Gasteiger partial charge in [-0.3, -0.25) is 4.79 Å². The van der Waals surface area contributed by atoms with Gasteiger partial charge in [-0.25, -0.2) is 10.1 Å². The molecule has 0 radical (unpaired) electrons. The van der Waals surface area contributed by atoms with Crippen LogP contribution in [0.25, 0.3) is 0 Å². The van der Waals surface area contributed by atoms with Crippen LogP contribution in [0.1, 0.15) is 10.7 Å². The molecule has 0 aliphatic rings. The molecule has 0 fully saturated rings. The van der Waals surface area contributed by atoms with Crippen molar-refractivity contribution in [3.05, 3.63) is 38.7 Å². The average molecular weight is 223 g/mol. The minimum absolute atomic E-state index is 0.292. The summed E-state index contributed by atoms with van der Waals surface area (Å²) in [7, 11) is 0. The highest BCUT2D eigenvalue weighted by molar-refractivity contribution is 7.09. The normalized spacial score (nSPS) is 10.4. The van der Waals surface area contributed by atoms with Gasteiger partial charge in [0, 0.05) is 24.1 Å². The first-order valence-electron chi connectivity index (χ1n) is 4.41. The number of aromatic hydroxyl groups is 1. The molecule has 0 atom stereocenters. The van der Waals surface area contributed by atoms with E-state index in [2.05, 4.69) is 15.2 Å². The second-order valence-electron chi connectivity index (χ2n) is 3.00. The maximum absolute atomic E-state index is 10.8. The van der Waals surface area contributed by atoms with Gasteiger partial charge in [0.05, 0.1) is 10.7 Å². The van der Waals surface area contributed by atoms with Crippen LogP contribution in [0, 0.1) is 0 Å². The third-order valence-corrected chi connectivity index (χ3v) is 2.75. The smallest absolute Gasteiger partial charge is 0.306 e. The van der Waals surface area contributed by atoms with Gasteiger partial charge in [0.25, 0.3) is 0 Å². The third kappa shape index (κ3) is 2.41. The van der Waals surface area contributed by atoms with Crippen LogP contribution in [-0.4, -0.2) is 20.3 Å². The standard InChI is InChI=1S/C9H9N3O2S/c13-7-5-6(11-12-9(7)14)1-2-8-10-3-4-15-8/h3-5H,1-2H2,(H,11,13)(H,12,14). The molecule has 2 rings (SSSR count). The van der Waals surface area contributed by atoms with Crippen molar-refractivity contribution in [1.82, 2.24) is 15.2 Å². The lowest BCUT2D eigenvalue weighted by molar-refractivity contribution is 0.462. The van der Waals surface area contributed by atoms with Gasteiger partial charge in [-0.15, -0.1) is 11.3 Å². The van der Waals surface area contributed by atoms with Gasteiger partial charge in [0.15, 0.2) is 5.75 Å². The summed E-state index contributed by atoms with van der Waals surface area (Å²) in [6.07, 6.45) is 3.16. The van der Waals surface area contributed by atoms with E-state index < -0.39 is 5.56 Å². The van der Waals surface area contributed by atoms with Gasteiger partial charge in [0.2, 0.25) is 0 Å². The minimum Gasteiger partial charge on any atom is -0.503 e. The van der Waals surface area contributed by atoms with E-state index in [1.807, 2.05) is 5.38 Å². The summed E-state index contributed by atoms with van der Waals surface area (Å²) in [5.41, 5.74) is 0.0929. The van der Waals surface area contributed by atoms with E-state index in [1.54, 1.807) is 17.5 Å². The molecule has 0 saturated heterocycles. The van der Waals surface area contributed by atoms with Gasteiger partial charge in [-0.2, -0.15) is 5.10 Å². The molecule has 2 aromatic rings. The van der Waals surface area contributed by atoms with E-state index in [1.165, 1.54) is 6.07 Å². The molecule has 0 amide bonds. The molecule has 2 heterocycles. The zero-order chi connectivity index (χ0) is 10.7. The van der Waals surface area contributed by atoms with Crippen molar-refractivity contribution < 1.29 is 5.11 Å². The number of aryl methyl sites for hydroxylation is 2. The fourth-order valence-electron chi connectivity index (χ4n) is 1.18. The lowest BCUT2D eigenvalue weighted by Gasteiger charge is -1.97. The molecule has 6 heteroatoms. The third-order valence-electron chi connectivity index (χ3n) is 1.92. The van der Waals surface area contributed by atoms with Gasteiger partial charge < -0.3 is 5.11 Å². The Hall–Kier alpha value is -1.69. The van der Waals surface area contributed by atoms with Gasteiger partial charge in [-0.1, -0.05) is 0 Å². The quantitative estimate of drug-likeness (QED) is 0.803. The van der Waals surface area contributed by atoms with Crippen LogP contribution in [0.3, 0.4) is 0 Å². The monoisotopic (exact) mass is 223 g/mol. The fourth-order valence-corrected chi connectivity index (χ4v) is 1.80. The molecular formula is C9H9N3O2S. The van der Waals surface area contributed by atoms with Crippen LogP contribution < -0.4 is 5.56 Å². The molecule has 2 aromatic heterocycles. The fraction of sp³-hybridized carbons (Fsp3) is 0.222. The number of H-pyrrole nitrogens is 1. The Labute approximate surface area is 89.4 Å². The van der Waals surface area contributed by atoms with Gasteiger partial charge >= 0.3 is 5.56 Å². The molecule has 2 N–H and O–H groups in total. The molecule has 0 aromatic carbocycles. The van der Waals surface area contributed by atoms with Crippen molar-refractivity contribution in [2.45, 2.75) is 12.8 Å². The first-order valence-corrected chi connectivity index (χ1v) is 5.29. The van der Waals surface area contributed by atoms with E-state index in [4.69, 9.17) is 5.11 Å². The molecule has 78 valence electrons. The first-order chi connectivity index (χ1) is 7.25. The Morgan fingerprint density at radius 1 is 1.47 bits per heavy atom. The molecule has 0 unspecified atom stereocenters. The maximum Gasteiger partial charge on any atom is 0.306 e. The highest BCUT2D eigenvalue weighted by Crippen LogP contribution is 2.09. The van der Waals surface area contributed by atoms with Crippen molar-refractivity contribution in [1.29, 1.82) is 0 Å². The van der Waals surface area contributed by atoms with E-state index in [0.717, 1.165) is 11.4 Å². The van der Waals surface area contributed by atoms with Crippen LogP contribution in [0.4, 0.5) is 0 Å². The summed E-state index contributed by atoms with van der Waals surface area (Å²) >= 11 is 1.58. The molecule has 0 saturated carbocycles. The number of hydrogen-bond donors (Lipinski definition) is 2. The van der Waals surface area contributed by atoms with E-state index >= 15 is 0 Å². The van der Waals surface area contributed by atoms with Crippen molar-refractivity contribution in [2.75, 3.05) is 0 Å². The highest BCUT2D eigenvalue weighted by Gasteiger charge is 2.02. The number of nitrogens with zero attached hydrogens (tertiary/aromatic N) is 2. The molecule has 0 aliphatic carbocycles. The zero-order valence-electron chi connectivity index (χ0n) is 7.80. The zero-order valence-corrected chi connectivity index (χ0v) is 8.62. The summed E-state index contributed by atoms with van der Waals surface area (Å²) in [5, 5.41) is 18.1. The number of aromatic nitrogens is 3. The minimum atomic E-state index is -0.562. The second kappa shape index (κ2) is 4.22. The molecule has 0 bridgehead atoms.